The number of hydrogen-bond acceptors (Lipinski definition) is 4. The Morgan fingerprint density at radius 2 is 1.96 bits per heavy atom. The van der Waals surface area contributed by atoms with Crippen molar-refractivity contribution in [1.82, 2.24) is 5.32 Å². The Morgan fingerprint density at radius 1 is 1.15 bits per heavy atom. The van der Waals surface area contributed by atoms with Crippen LogP contribution in [0.2, 0.25) is 0 Å². The first kappa shape index (κ1) is 20.3. The highest BCUT2D eigenvalue weighted by atomic mass is 32.2. The second kappa shape index (κ2) is 10.9. The third-order valence-corrected chi connectivity index (χ3v) is 4.96. The molecule has 2 aromatic carbocycles. The Bertz CT molecular complexity index is 728. The van der Waals surface area contributed by atoms with Gasteiger partial charge in [-0.2, -0.15) is 11.8 Å². The number of methoxy groups -OCH3 is 2. The van der Waals surface area contributed by atoms with Gasteiger partial charge in [0.15, 0.2) is 5.11 Å². The number of benzene rings is 2. The van der Waals surface area contributed by atoms with Crippen LogP contribution >= 0.6 is 24.0 Å². The molecule has 0 atom stereocenters. The first-order valence-electron chi connectivity index (χ1n) is 8.22. The monoisotopic (exact) mass is 394 g/mol. The molecule has 0 radical (unpaired) electrons. The topological polar surface area (TPSA) is 42.5 Å². The summed E-state index contributed by atoms with van der Waals surface area (Å²) >= 11 is 7.02. The smallest absolute Gasteiger partial charge is 0.170 e. The van der Waals surface area contributed by atoms with E-state index in [1.807, 2.05) is 24.3 Å². The predicted octanol–water partition coefficient (Wildman–Crippen LogP) is 4.45. The molecule has 0 saturated heterocycles. The molecule has 2 rings (SSSR count). The number of anilines is 1. The van der Waals surface area contributed by atoms with Crippen molar-refractivity contribution in [3.05, 3.63) is 53.8 Å². The Hall–Kier alpha value is -1.99. The lowest BCUT2D eigenvalue weighted by Crippen LogP contribution is -2.29. The van der Waals surface area contributed by atoms with Gasteiger partial charge in [-0.15, -0.1) is 0 Å². The van der Waals surface area contributed by atoms with Crippen LogP contribution in [0.5, 0.6) is 11.5 Å². The first-order chi connectivity index (χ1) is 12.6. The van der Waals surface area contributed by atoms with Crippen LogP contribution in [0.1, 0.15) is 12.0 Å². The molecule has 0 spiro atoms. The van der Waals surface area contributed by atoms with E-state index in [4.69, 9.17) is 21.7 Å². The molecule has 0 saturated carbocycles. The molecule has 4 nitrogen and oxygen atoms in total. The van der Waals surface area contributed by atoms with Gasteiger partial charge in [-0.25, -0.2) is 4.39 Å². The summed E-state index contributed by atoms with van der Waals surface area (Å²) in [6, 6.07) is 12.4. The number of rotatable bonds is 9. The molecule has 0 fully saturated rings. The fourth-order valence-corrected chi connectivity index (χ4v) is 3.40. The minimum Gasteiger partial charge on any atom is -0.497 e. The van der Waals surface area contributed by atoms with Gasteiger partial charge in [0.05, 0.1) is 19.9 Å². The van der Waals surface area contributed by atoms with Crippen LogP contribution in [0.25, 0.3) is 0 Å². The molecule has 2 N–H and O–H groups in total. The van der Waals surface area contributed by atoms with Crippen molar-refractivity contribution < 1.29 is 13.9 Å². The number of thioether (sulfide) groups is 1. The number of nitrogens with one attached hydrogen (secondary N) is 2. The lowest BCUT2D eigenvalue weighted by atomic mass is 10.2. The molecular weight excluding hydrogens is 371 g/mol. The van der Waals surface area contributed by atoms with Gasteiger partial charge in [0, 0.05) is 18.4 Å². The number of halogens is 1. The molecule has 26 heavy (non-hydrogen) atoms. The average Bonchev–Trinajstić information content (AvgIpc) is 2.66. The zero-order valence-corrected chi connectivity index (χ0v) is 16.5. The summed E-state index contributed by atoms with van der Waals surface area (Å²) < 4.78 is 24.0. The lowest BCUT2D eigenvalue weighted by Gasteiger charge is -2.14. The third kappa shape index (κ3) is 6.38. The Balaban J connectivity index is 1.67. The molecule has 0 amide bonds. The second-order valence-corrected chi connectivity index (χ2v) is 6.96. The van der Waals surface area contributed by atoms with Crippen molar-refractivity contribution in [1.29, 1.82) is 0 Å². The van der Waals surface area contributed by atoms with Gasteiger partial charge in [-0.1, -0.05) is 18.2 Å². The Morgan fingerprint density at radius 3 is 2.69 bits per heavy atom. The normalized spacial score (nSPS) is 10.3. The van der Waals surface area contributed by atoms with Crippen LogP contribution in [0, 0.1) is 5.82 Å². The van der Waals surface area contributed by atoms with Gasteiger partial charge in [0.2, 0.25) is 0 Å². The highest BCUT2D eigenvalue weighted by molar-refractivity contribution is 7.98. The van der Waals surface area contributed by atoms with Crippen molar-refractivity contribution >= 4 is 34.8 Å². The van der Waals surface area contributed by atoms with E-state index in [9.17, 15) is 4.39 Å². The fraction of sp³-hybridized carbons (Fsp3) is 0.316. The molecule has 0 unspecified atom stereocenters. The lowest BCUT2D eigenvalue weighted by molar-refractivity contribution is 0.395. The quantitative estimate of drug-likeness (QED) is 0.484. The van der Waals surface area contributed by atoms with Crippen LogP contribution in [-0.4, -0.2) is 31.6 Å². The van der Waals surface area contributed by atoms with Gasteiger partial charge in [0.1, 0.15) is 17.3 Å². The molecular formula is C19H23FN2O2S2. The predicted molar refractivity (Wildman–Crippen MR) is 111 cm³/mol. The number of hydrogen-bond donors (Lipinski definition) is 2. The van der Waals surface area contributed by atoms with Crippen molar-refractivity contribution in [3.63, 3.8) is 0 Å². The minimum atomic E-state index is -0.142. The van der Waals surface area contributed by atoms with E-state index in [2.05, 4.69) is 10.6 Å². The highest BCUT2D eigenvalue weighted by Crippen LogP contribution is 2.28. The summed E-state index contributed by atoms with van der Waals surface area (Å²) in [6.07, 6.45) is 0.931. The van der Waals surface area contributed by atoms with Crippen LogP contribution in [0.4, 0.5) is 10.1 Å². The average molecular weight is 395 g/mol. The summed E-state index contributed by atoms with van der Waals surface area (Å²) in [5.41, 5.74) is 1.52. The molecule has 0 heterocycles. The van der Waals surface area contributed by atoms with E-state index in [0.29, 0.717) is 16.6 Å². The highest BCUT2D eigenvalue weighted by Gasteiger charge is 2.06. The molecule has 0 aliphatic carbocycles. The summed E-state index contributed by atoms with van der Waals surface area (Å²) in [5, 5.41) is 6.82. The maximum Gasteiger partial charge on any atom is 0.170 e. The number of ether oxygens (including phenoxy) is 2. The summed E-state index contributed by atoms with van der Waals surface area (Å²) in [6.45, 7) is 0.745. The zero-order chi connectivity index (χ0) is 18.8. The van der Waals surface area contributed by atoms with Gasteiger partial charge in [-0.05, 0) is 48.2 Å². The van der Waals surface area contributed by atoms with Crippen LogP contribution in [0.15, 0.2) is 42.5 Å². The molecule has 2 aromatic rings. The third-order valence-electron chi connectivity index (χ3n) is 3.62. The van der Waals surface area contributed by atoms with Crippen LogP contribution in [-0.2, 0) is 5.75 Å². The van der Waals surface area contributed by atoms with Crippen LogP contribution in [0.3, 0.4) is 0 Å². The van der Waals surface area contributed by atoms with Crippen molar-refractivity contribution in [2.45, 2.75) is 12.2 Å². The van der Waals surface area contributed by atoms with Crippen molar-refractivity contribution in [2.24, 2.45) is 0 Å². The standard InChI is InChI=1S/C19H23FN2O2S2/c1-23-15-8-9-17(18(12-15)24-2)22-19(25)21-10-5-11-26-13-14-6-3-4-7-16(14)20/h3-4,6-9,12H,5,10-11,13H2,1-2H3,(H2,21,22,25). The van der Waals surface area contributed by atoms with Gasteiger partial charge < -0.3 is 20.1 Å². The van der Waals surface area contributed by atoms with E-state index in [1.54, 1.807) is 38.1 Å². The molecule has 7 heteroatoms. The maximum absolute atomic E-state index is 13.5. The zero-order valence-electron chi connectivity index (χ0n) is 14.9. The van der Waals surface area contributed by atoms with E-state index in [-0.39, 0.29) is 5.82 Å². The van der Waals surface area contributed by atoms with Crippen molar-refractivity contribution in [2.75, 3.05) is 31.8 Å². The van der Waals surface area contributed by atoms with E-state index >= 15 is 0 Å². The van der Waals surface area contributed by atoms with Crippen LogP contribution < -0.4 is 20.1 Å². The van der Waals surface area contributed by atoms with Crippen molar-refractivity contribution in [3.8, 4) is 11.5 Å². The van der Waals surface area contributed by atoms with Gasteiger partial charge >= 0.3 is 0 Å². The molecule has 0 aromatic heterocycles. The molecule has 0 aliphatic rings. The molecule has 0 bridgehead atoms. The Labute approximate surface area is 163 Å². The van der Waals surface area contributed by atoms with Gasteiger partial charge in [-0.3, -0.25) is 0 Å². The van der Waals surface area contributed by atoms with E-state index in [1.165, 1.54) is 6.07 Å². The first-order valence-corrected chi connectivity index (χ1v) is 9.78. The Kier molecular flexibility index (Phi) is 8.50. The van der Waals surface area contributed by atoms with Gasteiger partial charge in [0.25, 0.3) is 0 Å². The second-order valence-electron chi connectivity index (χ2n) is 5.44. The minimum absolute atomic E-state index is 0.142. The number of thiocarbonyl (C=S) groups is 1. The largest absolute Gasteiger partial charge is 0.497 e. The van der Waals surface area contributed by atoms with E-state index in [0.717, 1.165) is 35.7 Å². The SMILES string of the molecule is COc1ccc(NC(=S)NCCCSCc2ccccc2F)c(OC)c1. The maximum atomic E-state index is 13.5. The fourth-order valence-electron chi connectivity index (χ4n) is 2.24. The molecule has 0 aliphatic heterocycles. The summed E-state index contributed by atoms with van der Waals surface area (Å²) in [7, 11) is 3.21. The summed E-state index contributed by atoms with van der Waals surface area (Å²) in [5.74, 6) is 2.85. The molecule has 140 valence electrons. The summed E-state index contributed by atoms with van der Waals surface area (Å²) in [4.78, 5) is 0. The van der Waals surface area contributed by atoms with E-state index < -0.39 is 0 Å².